The zero-order chi connectivity index (χ0) is 17.2. The molecule has 3 saturated heterocycles. The summed E-state index contributed by atoms with van der Waals surface area (Å²) in [4.78, 5) is 14.3. The molecule has 0 unspecified atom stereocenters. The van der Waals surface area contributed by atoms with Gasteiger partial charge in [0, 0.05) is 38.1 Å². The first kappa shape index (κ1) is 16.9. The maximum Gasteiger partial charge on any atom is 0.317 e. The molecule has 5 nitrogen and oxygen atoms in total. The lowest BCUT2D eigenvalue weighted by Crippen LogP contribution is -2.40. The number of amides is 2. The van der Waals surface area contributed by atoms with Crippen molar-refractivity contribution in [2.24, 2.45) is 11.8 Å². The van der Waals surface area contributed by atoms with Gasteiger partial charge in [-0.05, 0) is 31.7 Å². The highest BCUT2D eigenvalue weighted by molar-refractivity contribution is 5.74. The van der Waals surface area contributed by atoms with Crippen LogP contribution in [-0.2, 0) is 9.47 Å². The molecular formula is C20H28N2O3. The number of rotatable bonds is 6. The van der Waals surface area contributed by atoms with Gasteiger partial charge in [-0.3, -0.25) is 0 Å². The monoisotopic (exact) mass is 344 g/mol. The van der Waals surface area contributed by atoms with E-state index < -0.39 is 0 Å². The summed E-state index contributed by atoms with van der Waals surface area (Å²) < 4.78 is 11.8. The van der Waals surface area contributed by atoms with Gasteiger partial charge in [0.05, 0.1) is 18.3 Å². The number of benzene rings is 1. The normalized spacial score (nSPS) is 31.2. The number of carbonyl (C=O) groups is 1. The molecule has 3 aliphatic heterocycles. The summed E-state index contributed by atoms with van der Waals surface area (Å²) in [5, 5.41) is 3.04. The van der Waals surface area contributed by atoms with Gasteiger partial charge in [-0.2, -0.15) is 0 Å². The summed E-state index contributed by atoms with van der Waals surface area (Å²) in [7, 11) is 0. The van der Waals surface area contributed by atoms with E-state index in [1.807, 2.05) is 23.1 Å². The Bertz CT molecular complexity index is 576. The predicted molar refractivity (Wildman–Crippen MR) is 95.3 cm³/mol. The minimum Gasteiger partial charge on any atom is -0.374 e. The number of hydrogen-bond acceptors (Lipinski definition) is 3. The number of fused-ring (bicyclic) bond motifs is 5. The van der Waals surface area contributed by atoms with E-state index in [-0.39, 0.29) is 12.1 Å². The third-order valence-corrected chi connectivity index (χ3v) is 5.97. The van der Waals surface area contributed by atoms with Gasteiger partial charge >= 0.3 is 6.03 Å². The van der Waals surface area contributed by atoms with Crippen LogP contribution in [0, 0.1) is 11.8 Å². The highest BCUT2D eigenvalue weighted by atomic mass is 16.5. The van der Waals surface area contributed by atoms with Gasteiger partial charge in [0.2, 0.25) is 0 Å². The summed E-state index contributed by atoms with van der Waals surface area (Å²) in [6, 6.07) is 10.3. The number of likely N-dealkylation sites (tertiary alicyclic amines) is 1. The summed E-state index contributed by atoms with van der Waals surface area (Å²) in [6.45, 7) is 5.10. The first-order valence-electron chi connectivity index (χ1n) is 9.57. The topological polar surface area (TPSA) is 50.8 Å². The minimum absolute atomic E-state index is 0.0740. The van der Waals surface area contributed by atoms with E-state index >= 15 is 0 Å². The predicted octanol–water partition coefficient (Wildman–Crippen LogP) is 2.97. The molecule has 2 bridgehead atoms. The van der Waals surface area contributed by atoms with Crippen LogP contribution in [0.1, 0.15) is 37.9 Å². The maximum atomic E-state index is 12.4. The molecule has 1 N–H and O–H groups in total. The van der Waals surface area contributed by atoms with Crippen molar-refractivity contribution in [2.75, 3.05) is 26.2 Å². The van der Waals surface area contributed by atoms with Gasteiger partial charge in [0.25, 0.3) is 0 Å². The third kappa shape index (κ3) is 3.53. The maximum absolute atomic E-state index is 12.4. The number of carbonyl (C=O) groups excluding carboxylic acids is 1. The zero-order valence-corrected chi connectivity index (χ0v) is 14.9. The lowest BCUT2D eigenvalue weighted by molar-refractivity contribution is 0.0638. The Morgan fingerprint density at radius 3 is 2.60 bits per heavy atom. The lowest BCUT2D eigenvalue weighted by atomic mass is 9.82. The van der Waals surface area contributed by atoms with Gasteiger partial charge < -0.3 is 19.7 Å². The first-order valence-corrected chi connectivity index (χ1v) is 9.57. The molecule has 25 heavy (non-hydrogen) atoms. The molecule has 3 heterocycles. The van der Waals surface area contributed by atoms with E-state index in [4.69, 9.17) is 9.47 Å². The largest absolute Gasteiger partial charge is 0.374 e. The number of hydrogen-bond donors (Lipinski definition) is 1. The van der Waals surface area contributed by atoms with Gasteiger partial charge in [-0.1, -0.05) is 30.3 Å². The standard InChI is InChI=1S/C20H28N2O3/c1-14(15-6-3-2-4-7-15)24-11-5-10-21-20(23)22-12-16-17(13-22)19-9-8-18(16)25-19/h2-4,6-7,14,16-19H,5,8-13H2,1H3,(H,21,23)/t14-,16-,17+,18-,19-/m1/s1. The molecule has 0 aromatic heterocycles. The van der Waals surface area contributed by atoms with Crippen molar-refractivity contribution in [3.8, 4) is 0 Å². The lowest BCUT2D eigenvalue weighted by Gasteiger charge is -2.19. The molecule has 3 fully saturated rings. The van der Waals surface area contributed by atoms with Crippen LogP contribution in [-0.4, -0.2) is 49.4 Å². The number of ether oxygens (including phenoxy) is 2. The van der Waals surface area contributed by atoms with Gasteiger partial charge in [0.1, 0.15) is 0 Å². The Balaban J connectivity index is 1.13. The Morgan fingerprint density at radius 2 is 1.92 bits per heavy atom. The van der Waals surface area contributed by atoms with Crippen LogP contribution in [0.4, 0.5) is 4.79 Å². The van der Waals surface area contributed by atoms with Crippen LogP contribution in [0.3, 0.4) is 0 Å². The fourth-order valence-corrected chi connectivity index (χ4v) is 4.59. The SMILES string of the molecule is C[C@@H](OCCCNC(=O)N1C[C@@H]2[C@H](C1)[C@H]1CC[C@H]2O1)c1ccccc1. The molecule has 1 aromatic rings. The summed E-state index contributed by atoms with van der Waals surface area (Å²) in [5.41, 5.74) is 1.19. The smallest absolute Gasteiger partial charge is 0.317 e. The van der Waals surface area contributed by atoms with Crippen molar-refractivity contribution in [1.82, 2.24) is 10.2 Å². The molecule has 5 heteroatoms. The number of urea groups is 1. The van der Waals surface area contributed by atoms with E-state index in [1.54, 1.807) is 0 Å². The van der Waals surface area contributed by atoms with E-state index in [1.165, 1.54) is 18.4 Å². The van der Waals surface area contributed by atoms with Gasteiger partial charge in [-0.25, -0.2) is 4.79 Å². The summed E-state index contributed by atoms with van der Waals surface area (Å²) in [5.74, 6) is 1.14. The van der Waals surface area contributed by atoms with Crippen molar-refractivity contribution in [3.63, 3.8) is 0 Å². The van der Waals surface area contributed by atoms with Crippen LogP contribution in [0.5, 0.6) is 0 Å². The molecule has 4 rings (SSSR count). The highest BCUT2D eigenvalue weighted by Crippen LogP contribution is 2.47. The Hall–Kier alpha value is -1.59. The van der Waals surface area contributed by atoms with Crippen molar-refractivity contribution in [1.29, 1.82) is 0 Å². The fourth-order valence-electron chi connectivity index (χ4n) is 4.59. The molecule has 0 radical (unpaired) electrons. The third-order valence-electron chi connectivity index (χ3n) is 5.97. The van der Waals surface area contributed by atoms with Crippen molar-refractivity contribution in [3.05, 3.63) is 35.9 Å². The van der Waals surface area contributed by atoms with E-state index in [9.17, 15) is 4.79 Å². The molecule has 3 aliphatic rings. The quantitative estimate of drug-likeness (QED) is 0.807. The second-order valence-electron chi connectivity index (χ2n) is 7.53. The second-order valence-corrected chi connectivity index (χ2v) is 7.53. The molecule has 1 aromatic carbocycles. The molecule has 0 saturated carbocycles. The van der Waals surface area contributed by atoms with Gasteiger partial charge in [-0.15, -0.1) is 0 Å². The highest BCUT2D eigenvalue weighted by Gasteiger charge is 2.53. The molecule has 136 valence electrons. The average molecular weight is 344 g/mol. The van der Waals surface area contributed by atoms with Gasteiger partial charge in [0.15, 0.2) is 0 Å². The van der Waals surface area contributed by atoms with E-state index in [0.717, 1.165) is 19.5 Å². The average Bonchev–Trinajstić information content (AvgIpc) is 3.34. The van der Waals surface area contributed by atoms with Crippen molar-refractivity contribution >= 4 is 6.03 Å². The Morgan fingerprint density at radius 1 is 1.24 bits per heavy atom. The number of nitrogens with zero attached hydrogens (tertiary/aromatic N) is 1. The number of nitrogens with one attached hydrogen (secondary N) is 1. The van der Waals surface area contributed by atoms with Crippen LogP contribution in [0.25, 0.3) is 0 Å². The second kappa shape index (κ2) is 7.34. The minimum atomic E-state index is 0.0740. The zero-order valence-electron chi connectivity index (χ0n) is 14.9. The van der Waals surface area contributed by atoms with Crippen molar-refractivity contribution in [2.45, 2.75) is 44.5 Å². The van der Waals surface area contributed by atoms with E-state index in [0.29, 0.717) is 37.2 Å². The Kier molecular flexibility index (Phi) is 4.95. The van der Waals surface area contributed by atoms with Crippen LogP contribution in [0.2, 0.25) is 0 Å². The van der Waals surface area contributed by atoms with Crippen LogP contribution in [0.15, 0.2) is 30.3 Å². The van der Waals surface area contributed by atoms with Crippen LogP contribution < -0.4 is 5.32 Å². The molecule has 2 amide bonds. The molecular weight excluding hydrogens is 316 g/mol. The molecule has 0 spiro atoms. The van der Waals surface area contributed by atoms with Crippen molar-refractivity contribution < 1.29 is 14.3 Å². The first-order chi connectivity index (χ1) is 12.2. The van der Waals surface area contributed by atoms with E-state index in [2.05, 4.69) is 24.4 Å². The fraction of sp³-hybridized carbons (Fsp3) is 0.650. The summed E-state index contributed by atoms with van der Waals surface area (Å²) in [6.07, 6.45) is 4.08. The molecule has 0 aliphatic carbocycles. The summed E-state index contributed by atoms with van der Waals surface area (Å²) >= 11 is 0. The Labute approximate surface area is 149 Å². The van der Waals surface area contributed by atoms with Crippen LogP contribution >= 0.6 is 0 Å². The molecule has 5 atom stereocenters.